The predicted octanol–water partition coefficient (Wildman–Crippen LogP) is 3.44. The Bertz CT molecular complexity index is 1080. The van der Waals surface area contributed by atoms with E-state index in [0.717, 1.165) is 18.4 Å². The molecule has 1 saturated heterocycles. The van der Waals surface area contributed by atoms with Gasteiger partial charge in [-0.05, 0) is 42.3 Å². The first-order chi connectivity index (χ1) is 14.5. The molecule has 4 rings (SSSR count). The van der Waals surface area contributed by atoms with Crippen molar-refractivity contribution in [2.75, 3.05) is 18.8 Å². The fourth-order valence-corrected chi connectivity index (χ4v) is 5.56. The van der Waals surface area contributed by atoms with Gasteiger partial charge in [-0.1, -0.05) is 23.4 Å². The Labute approximate surface area is 179 Å². The van der Waals surface area contributed by atoms with E-state index in [9.17, 15) is 13.2 Å². The van der Waals surface area contributed by atoms with Crippen molar-refractivity contribution in [3.8, 4) is 11.4 Å². The van der Waals surface area contributed by atoms with Crippen LogP contribution in [0.2, 0.25) is 0 Å². The summed E-state index contributed by atoms with van der Waals surface area (Å²) in [5.74, 6) is 1.08. The molecule has 0 aliphatic carbocycles. The Hall–Kier alpha value is -2.52. The highest BCUT2D eigenvalue weighted by Gasteiger charge is 2.26. The number of hydrogen-bond donors (Lipinski definition) is 0. The van der Waals surface area contributed by atoms with Gasteiger partial charge in [0, 0.05) is 36.9 Å². The first-order valence-electron chi connectivity index (χ1n) is 9.92. The molecule has 1 unspecified atom stereocenters. The summed E-state index contributed by atoms with van der Waals surface area (Å²) in [6.07, 6.45) is 2.46. The van der Waals surface area contributed by atoms with Gasteiger partial charge in [-0.3, -0.25) is 4.79 Å². The van der Waals surface area contributed by atoms with Crippen molar-refractivity contribution in [2.45, 2.75) is 30.6 Å². The Morgan fingerprint density at radius 3 is 2.83 bits per heavy atom. The molecule has 1 fully saturated rings. The topological polar surface area (TPSA) is 93.4 Å². The zero-order chi connectivity index (χ0) is 21.0. The van der Waals surface area contributed by atoms with E-state index in [1.165, 1.54) is 0 Å². The van der Waals surface area contributed by atoms with Gasteiger partial charge in [0.25, 0.3) is 0 Å². The van der Waals surface area contributed by atoms with Crippen LogP contribution in [0, 0.1) is 5.92 Å². The van der Waals surface area contributed by atoms with Crippen LogP contribution in [0.15, 0.2) is 56.6 Å². The first-order valence-corrected chi connectivity index (χ1v) is 12.5. The predicted molar refractivity (Wildman–Crippen MR) is 114 cm³/mol. The third kappa shape index (κ3) is 4.96. The lowest BCUT2D eigenvalue weighted by Crippen LogP contribution is -2.41. The molecule has 7 nitrogen and oxygen atoms in total. The van der Waals surface area contributed by atoms with Crippen molar-refractivity contribution in [2.24, 2.45) is 5.92 Å². The van der Waals surface area contributed by atoms with Crippen LogP contribution < -0.4 is 0 Å². The van der Waals surface area contributed by atoms with E-state index in [1.54, 1.807) is 46.6 Å². The van der Waals surface area contributed by atoms with E-state index in [1.807, 2.05) is 16.8 Å². The van der Waals surface area contributed by atoms with Crippen molar-refractivity contribution < 1.29 is 17.7 Å². The van der Waals surface area contributed by atoms with Gasteiger partial charge in [-0.15, -0.1) is 0 Å². The van der Waals surface area contributed by atoms with Crippen molar-refractivity contribution in [3.63, 3.8) is 0 Å². The second kappa shape index (κ2) is 9.09. The molecule has 0 radical (unpaired) electrons. The Kier molecular flexibility index (Phi) is 6.29. The average Bonchev–Trinajstić information content (AvgIpc) is 3.45. The molecule has 1 aromatic carbocycles. The number of thiophene rings is 1. The summed E-state index contributed by atoms with van der Waals surface area (Å²) in [6.45, 7) is 1.24. The summed E-state index contributed by atoms with van der Waals surface area (Å²) >= 11 is 1.58. The molecule has 0 spiro atoms. The number of carbonyl (C=O) groups is 1. The quantitative estimate of drug-likeness (QED) is 0.553. The van der Waals surface area contributed by atoms with Gasteiger partial charge < -0.3 is 9.42 Å². The average molecular weight is 446 g/mol. The van der Waals surface area contributed by atoms with Gasteiger partial charge in [0.05, 0.1) is 10.6 Å². The number of rotatable bonds is 7. The maximum absolute atomic E-state index is 12.6. The molecule has 0 saturated carbocycles. The summed E-state index contributed by atoms with van der Waals surface area (Å²) in [5.41, 5.74) is 0.940. The third-order valence-electron chi connectivity index (χ3n) is 5.27. The minimum absolute atomic E-state index is 0.00713. The second-order valence-corrected chi connectivity index (χ2v) is 10.3. The van der Waals surface area contributed by atoms with Gasteiger partial charge in [0.1, 0.15) is 0 Å². The van der Waals surface area contributed by atoms with Gasteiger partial charge in [-0.2, -0.15) is 16.3 Å². The number of hydrogen-bond acceptors (Lipinski definition) is 7. The van der Waals surface area contributed by atoms with Crippen molar-refractivity contribution >= 4 is 27.1 Å². The largest absolute Gasteiger partial charge is 0.342 e. The lowest BCUT2D eigenvalue weighted by Gasteiger charge is -2.32. The third-order valence-corrected chi connectivity index (χ3v) is 7.68. The van der Waals surface area contributed by atoms with Crippen LogP contribution in [0.3, 0.4) is 0 Å². The molecule has 2 aromatic heterocycles. The number of carbonyl (C=O) groups excluding carboxylic acids is 1. The van der Waals surface area contributed by atoms with Crippen LogP contribution in [-0.4, -0.2) is 48.2 Å². The summed E-state index contributed by atoms with van der Waals surface area (Å²) in [7, 11) is -3.45. The summed E-state index contributed by atoms with van der Waals surface area (Å²) in [6, 6.07) is 10.2. The maximum Gasteiger partial charge on any atom is 0.227 e. The SMILES string of the molecule is O=C(CCS(=O)(=O)c1ccccc1)N1CCCC(Cc2nc(-c3ccsc3)no2)C1. The number of likely N-dealkylation sites (tertiary alicyclic amines) is 1. The van der Waals surface area contributed by atoms with Crippen molar-refractivity contribution in [3.05, 3.63) is 53.0 Å². The molecule has 9 heteroatoms. The molecule has 3 aromatic rings. The number of benzene rings is 1. The van der Waals surface area contributed by atoms with Gasteiger partial charge in [0.2, 0.25) is 17.6 Å². The first kappa shape index (κ1) is 20.7. The van der Waals surface area contributed by atoms with E-state index in [2.05, 4.69) is 10.1 Å². The highest BCUT2D eigenvalue weighted by Crippen LogP contribution is 2.24. The molecule has 1 amide bonds. The summed E-state index contributed by atoms with van der Waals surface area (Å²) in [4.78, 5) is 19.1. The van der Waals surface area contributed by atoms with Crippen LogP contribution in [0.25, 0.3) is 11.4 Å². The minimum Gasteiger partial charge on any atom is -0.342 e. The molecular weight excluding hydrogens is 422 g/mol. The monoisotopic (exact) mass is 445 g/mol. The van der Waals surface area contributed by atoms with E-state index in [-0.39, 0.29) is 28.9 Å². The van der Waals surface area contributed by atoms with Crippen LogP contribution in [0.5, 0.6) is 0 Å². The normalized spacial score (nSPS) is 17.2. The number of aromatic nitrogens is 2. The molecule has 30 heavy (non-hydrogen) atoms. The zero-order valence-corrected chi connectivity index (χ0v) is 18.1. The molecule has 0 bridgehead atoms. The van der Waals surface area contributed by atoms with E-state index in [0.29, 0.717) is 31.2 Å². The number of sulfone groups is 1. The zero-order valence-electron chi connectivity index (χ0n) is 16.4. The lowest BCUT2D eigenvalue weighted by atomic mass is 9.94. The van der Waals surface area contributed by atoms with E-state index >= 15 is 0 Å². The van der Waals surface area contributed by atoms with Gasteiger partial charge in [-0.25, -0.2) is 8.42 Å². The van der Waals surface area contributed by atoms with E-state index < -0.39 is 9.84 Å². The highest BCUT2D eigenvalue weighted by molar-refractivity contribution is 7.91. The fraction of sp³-hybridized carbons (Fsp3) is 0.381. The minimum atomic E-state index is -3.45. The van der Waals surface area contributed by atoms with Crippen LogP contribution in [-0.2, 0) is 21.1 Å². The Balaban J connectivity index is 1.32. The highest BCUT2D eigenvalue weighted by atomic mass is 32.2. The fourth-order valence-electron chi connectivity index (χ4n) is 3.68. The molecule has 0 N–H and O–H groups in total. The Morgan fingerprint density at radius 1 is 1.23 bits per heavy atom. The van der Waals surface area contributed by atoms with Crippen LogP contribution in [0.4, 0.5) is 0 Å². The molecule has 1 atom stereocenters. The van der Waals surface area contributed by atoms with Crippen molar-refractivity contribution in [1.82, 2.24) is 15.0 Å². The molecule has 3 heterocycles. The maximum atomic E-state index is 12.6. The summed E-state index contributed by atoms with van der Waals surface area (Å²) < 4.78 is 30.2. The van der Waals surface area contributed by atoms with E-state index in [4.69, 9.17) is 4.52 Å². The van der Waals surface area contributed by atoms with Crippen LogP contribution in [0.1, 0.15) is 25.2 Å². The number of nitrogens with zero attached hydrogens (tertiary/aromatic N) is 3. The Morgan fingerprint density at radius 2 is 2.07 bits per heavy atom. The molecular formula is C21H23N3O4S2. The standard InChI is InChI=1S/C21H23N3O4S2/c25-20(9-12-30(26,27)18-6-2-1-3-7-18)24-10-4-5-16(14-24)13-19-22-21(23-28-19)17-8-11-29-15-17/h1-3,6-8,11,15-16H,4-5,9-10,12-14H2. The molecule has 1 aliphatic heterocycles. The van der Waals surface area contributed by atoms with Gasteiger partial charge >= 0.3 is 0 Å². The number of amides is 1. The lowest BCUT2D eigenvalue weighted by molar-refractivity contribution is -0.132. The van der Waals surface area contributed by atoms with Crippen molar-refractivity contribution in [1.29, 1.82) is 0 Å². The van der Waals surface area contributed by atoms with Crippen LogP contribution >= 0.6 is 11.3 Å². The molecule has 1 aliphatic rings. The van der Waals surface area contributed by atoms with Gasteiger partial charge in [0.15, 0.2) is 9.84 Å². The summed E-state index contributed by atoms with van der Waals surface area (Å²) in [5, 5.41) is 7.97. The number of piperidine rings is 1. The molecule has 158 valence electrons. The second-order valence-electron chi connectivity index (χ2n) is 7.46. The smallest absolute Gasteiger partial charge is 0.227 e.